The summed E-state index contributed by atoms with van der Waals surface area (Å²) in [7, 11) is 0. The summed E-state index contributed by atoms with van der Waals surface area (Å²) in [4.78, 5) is 4.47. The Kier molecular flexibility index (Phi) is 2.00. The molecule has 5 nitrogen and oxygen atoms in total. The van der Waals surface area contributed by atoms with E-state index in [1.54, 1.807) is 10.9 Å². The van der Waals surface area contributed by atoms with Gasteiger partial charge in [-0.25, -0.2) is 0 Å². The topological polar surface area (TPSA) is 79.1 Å². The maximum Gasteiger partial charge on any atom is 0.208 e. The number of hydrogen-bond donors (Lipinski definition) is 2. The summed E-state index contributed by atoms with van der Waals surface area (Å²) in [5.74, 6) is 5.67. The van der Waals surface area contributed by atoms with E-state index < -0.39 is 0 Å². The summed E-state index contributed by atoms with van der Waals surface area (Å²) in [5.41, 5.74) is 5.45. The van der Waals surface area contributed by atoms with Crippen molar-refractivity contribution in [3.63, 3.8) is 0 Å². The van der Waals surface area contributed by atoms with Crippen molar-refractivity contribution < 1.29 is 4.84 Å². The van der Waals surface area contributed by atoms with Gasteiger partial charge < -0.3 is 10.6 Å². The van der Waals surface area contributed by atoms with E-state index in [9.17, 15) is 0 Å². The van der Waals surface area contributed by atoms with E-state index in [4.69, 9.17) is 11.6 Å². The van der Waals surface area contributed by atoms with Gasteiger partial charge in [-0.2, -0.15) is 11.0 Å². The van der Waals surface area contributed by atoms with Crippen LogP contribution in [0.4, 0.5) is 5.82 Å². The first-order valence-electron chi connectivity index (χ1n) is 3.36. The highest BCUT2D eigenvalue weighted by atomic mass is 16.6. The molecule has 0 aliphatic heterocycles. The second-order valence-electron chi connectivity index (χ2n) is 2.57. The Bertz CT molecular complexity index is 243. The summed E-state index contributed by atoms with van der Waals surface area (Å²) in [6.45, 7) is 3.99. The molecule has 11 heavy (non-hydrogen) atoms. The van der Waals surface area contributed by atoms with E-state index in [0.29, 0.717) is 11.6 Å². The van der Waals surface area contributed by atoms with Crippen molar-refractivity contribution in [1.82, 2.24) is 9.78 Å². The lowest BCUT2D eigenvalue weighted by Gasteiger charge is -2.01. The van der Waals surface area contributed by atoms with Crippen molar-refractivity contribution in [2.45, 2.75) is 19.9 Å². The molecule has 0 fully saturated rings. The lowest BCUT2D eigenvalue weighted by Crippen LogP contribution is -2.02. The third-order valence-electron chi connectivity index (χ3n) is 1.38. The number of nitrogens with zero attached hydrogens (tertiary/aromatic N) is 2. The highest BCUT2D eigenvalue weighted by molar-refractivity contribution is 5.43. The smallest absolute Gasteiger partial charge is 0.208 e. The highest BCUT2D eigenvalue weighted by Gasteiger charge is 2.07. The van der Waals surface area contributed by atoms with Gasteiger partial charge in [0.1, 0.15) is 0 Å². The number of anilines is 1. The van der Waals surface area contributed by atoms with Crippen LogP contribution in [0.3, 0.4) is 0 Å². The summed E-state index contributed by atoms with van der Waals surface area (Å²) in [5, 5.41) is 3.97. The molecular weight excluding hydrogens is 144 g/mol. The van der Waals surface area contributed by atoms with Crippen molar-refractivity contribution >= 4 is 5.82 Å². The van der Waals surface area contributed by atoms with Crippen LogP contribution < -0.4 is 16.5 Å². The maximum absolute atomic E-state index is 5.45. The van der Waals surface area contributed by atoms with Gasteiger partial charge in [0, 0.05) is 6.04 Å². The average Bonchev–Trinajstić information content (AvgIpc) is 2.31. The normalized spacial score (nSPS) is 10.5. The Morgan fingerprint density at radius 1 is 1.64 bits per heavy atom. The zero-order valence-electron chi connectivity index (χ0n) is 6.61. The maximum atomic E-state index is 5.45. The molecule has 1 heterocycles. The molecule has 0 saturated carbocycles. The molecule has 4 N–H and O–H groups in total. The van der Waals surface area contributed by atoms with Crippen molar-refractivity contribution in [2.75, 3.05) is 5.73 Å². The van der Waals surface area contributed by atoms with E-state index in [1.165, 1.54) is 0 Å². The standard InChI is InChI=1S/C6H12N4O/c1-4(2)10-3-5(11-8)6(7)9-10/h3-4H,8H2,1-2H3,(H2,7,9). The monoisotopic (exact) mass is 156 g/mol. The van der Waals surface area contributed by atoms with E-state index in [-0.39, 0.29) is 6.04 Å². The quantitative estimate of drug-likeness (QED) is 0.603. The van der Waals surface area contributed by atoms with E-state index >= 15 is 0 Å². The molecule has 0 amide bonds. The second kappa shape index (κ2) is 2.79. The molecule has 0 atom stereocenters. The molecule has 0 spiro atoms. The van der Waals surface area contributed by atoms with E-state index in [1.807, 2.05) is 13.8 Å². The predicted molar refractivity (Wildman–Crippen MR) is 41.8 cm³/mol. The minimum absolute atomic E-state index is 0.265. The SMILES string of the molecule is CC(C)n1cc(ON)c(N)n1. The van der Waals surface area contributed by atoms with Gasteiger partial charge in [0.05, 0.1) is 6.20 Å². The van der Waals surface area contributed by atoms with Crippen molar-refractivity contribution in [3.05, 3.63) is 6.20 Å². The number of nitrogen functional groups attached to an aromatic ring is 1. The Morgan fingerprint density at radius 3 is 2.55 bits per heavy atom. The van der Waals surface area contributed by atoms with Crippen LogP contribution in [0.1, 0.15) is 19.9 Å². The van der Waals surface area contributed by atoms with Crippen molar-refractivity contribution in [1.29, 1.82) is 0 Å². The molecule has 5 heteroatoms. The second-order valence-corrected chi connectivity index (χ2v) is 2.57. The number of rotatable bonds is 2. The van der Waals surface area contributed by atoms with Crippen LogP contribution in [0, 0.1) is 0 Å². The lowest BCUT2D eigenvalue weighted by atomic mass is 10.4. The molecule has 62 valence electrons. The van der Waals surface area contributed by atoms with Gasteiger partial charge in [0.25, 0.3) is 0 Å². The van der Waals surface area contributed by atoms with Crippen LogP contribution in [-0.2, 0) is 0 Å². The Hall–Kier alpha value is -1.23. The van der Waals surface area contributed by atoms with Gasteiger partial charge in [-0.15, -0.1) is 0 Å². The van der Waals surface area contributed by atoms with Gasteiger partial charge in [-0.05, 0) is 13.8 Å². The fourth-order valence-electron chi connectivity index (χ4n) is 0.744. The Balaban J connectivity index is 2.95. The zero-order valence-corrected chi connectivity index (χ0v) is 6.61. The fraction of sp³-hybridized carbons (Fsp3) is 0.500. The molecule has 0 bridgehead atoms. The number of hydrogen-bond acceptors (Lipinski definition) is 4. The first-order valence-corrected chi connectivity index (χ1v) is 3.36. The molecule has 0 radical (unpaired) electrons. The first kappa shape index (κ1) is 7.87. The van der Waals surface area contributed by atoms with Crippen LogP contribution in [0.2, 0.25) is 0 Å². The van der Waals surface area contributed by atoms with Crippen LogP contribution >= 0.6 is 0 Å². The summed E-state index contributed by atoms with van der Waals surface area (Å²) in [6.07, 6.45) is 1.67. The number of nitrogens with two attached hydrogens (primary N) is 2. The molecular formula is C6H12N4O. The van der Waals surface area contributed by atoms with E-state index in [0.717, 1.165) is 0 Å². The van der Waals surface area contributed by atoms with Crippen LogP contribution in [0.15, 0.2) is 6.20 Å². The summed E-state index contributed by atoms with van der Waals surface area (Å²) >= 11 is 0. The molecule has 1 rings (SSSR count). The molecule has 0 saturated heterocycles. The van der Waals surface area contributed by atoms with E-state index in [2.05, 4.69) is 9.94 Å². The predicted octanol–water partition coefficient (Wildman–Crippen LogP) is 0.299. The van der Waals surface area contributed by atoms with Crippen molar-refractivity contribution in [3.8, 4) is 5.75 Å². The zero-order chi connectivity index (χ0) is 8.43. The average molecular weight is 156 g/mol. The summed E-state index contributed by atoms with van der Waals surface area (Å²) < 4.78 is 1.69. The molecule has 0 aliphatic rings. The Morgan fingerprint density at radius 2 is 2.27 bits per heavy atom. The van der Waals surface area contributed by atoms with Gasteiger partial charge in [0.15, 0.2) is 5.82 Å². The third-order valence-corrected chi connectivity index (χ3v) is 1.38. The van der Waals surface area contributed by atoms with Gasteiger partial charge >= 0.3 is 0 Å². The van der Waals surface area contributed by atoms with Gasteiger partial charge in [-0.3, -0.25) is 4.68 Å². The minimum atomic E-state index is 0.265. The van der Waals surface area contributed by atoms with Gasteiger partial charge in [0.2, 0.25) is 5.75 Å². The van der Waals surface area contributed by atoms with Crippen LogP contribution in [0.25, 0.3) is 0 Å². The highest BCUT2D eigenvalue weighted by Crippen LogP contribution is 2.19. The molecule has 0 unspecified atom stereocenters. The molecule has 0 aromatic carbocycles. The van der Waals surface area contributed by atoms with Crippen LogP contribution in [-0.4, -0.2) is 9.78 Å². The lowest BCUT2D eigenvalue weighted by molar-refractivity contribution is 0.335. The van der Waals surface area contributed by atoms with Crippen LogP contribution in [0.5, 0.6) is 5.75 Å². The number of aromatic nitrogens is 2. The Labute approximate surface area is 64.9 Å². The third kappa shape index (κ3) is 1.43. The van der Waals surface area contributed by atoms with Gasteiger partial charge in [-0.1, -0.05) is 0 Å². The minimum Gasteiger partial charge on any atom is -0.406 e. The molecule has 1 aromatic heterocycles. The molecule has 0 aliphatic carbocycles. The molecule has 1 aromatic rings. The van der Waals surface area contributed by atoms with Crippen molar-refractivity contribution in [2.24, 2.45) is 5.90 Å². The largest absolute Gasteiger partial charge is 0.406 e. The fourth-order valence-corrected chi connectivity index (χ4v) is 0.744. The first-order chi connectivity index (χ1) is 5.15. The summed E-state index contributed by atoms with van der Waals surface area (Å²) in [6, 6.07) is 0.265.